The highest BCUT2D eigenvalue weighted by Gasteiger charge is 2.23. The van der Waals surface area contributed by atoms with Gasteiger partial charge in [0.05, 0.1) is 16.2 Å². The number of nitrogens with zero attached hydrogens (tertiary/aromatic N) is 4. The van der Waals surface area contributed by atoms with E-state index in [0.717, 1.165) is 71.0 Å². The minimum absolute atomic E-state index is 0.396. The highest BCUT2D eigenvalue weighted by atomic mass is 127. The normalized spacial score (nSPS) is 17.6. The molecule has 2 aliphatic heterocycles. The lowest BCUT2D eigenvalue weighted by molar-refractivity contribution is 0.412. The van der Waals surface area contributed by atoms with Gasteiger partial charge in [0.25, 0.3) is 0 Å². The summed E-state index contributed by atoms with van der Waals surface area (Å²) in [6.45, 7) is 4.16. The first-order valence-corrected chi connectivity index (χ1v) is 12.7. The number of methoxy groups -OCH3 is 1. The maximum atomic E-state index is 5.60. The van der Waals surface area contributed by atoms with Gasteiger partial charge in [0.1, 0.15) is 11.6 Å². The second-order valence-corrected chi connectivity index (χ2v) is 9.83. The van der Waals surface area contributed by atoms with Crippen LogP contribution in [0.15, 0.2) is 42.5 Å². The Morgan fingerprint density at radius 2 is 1.69 bits per heavy atom. The summed E-state index contributed by atoms with van der Waals surface area (Å²) in [4.78, 5) is 14.8. The van der Waals surface area contributed by atoms with E-state index in [2.05, 4.69) is 80.2 Å². The minimum Gasteiger partial charge on any atom is -0.496 e. The summed E-state index contributed by atoms with van der Waals surface area (Å²) >= 11 is 2.32. The maximum absolute atomic E-state index is 5.60. The lowest BCUT2D eigenvalue weighted by atomic mass is 10.0. The van der Waals surface area contributed by atoms with Crippen LogP contribution in [0.1, 0.15) is 32.1 Å². The SMILES string of the molecule is COc1cc2c(NC3CCN(c4ccccc4)CC3)nc(N3CCCCC3)nc2cc1I. The van der Waals surface area contributed by atoms with Crippen LogP contribution >= 0.6 is 22.6 Å². The summed E-state index contributed by atoms with van der Waals surface area (Å²) in [7, 11) is 1.72. The molecule has 0 spiro atoms. The number of piperidine rings is 2. The molecular weight excluding hydrogens is 513 g/mol. The summed E-state index contributed by atoms with van der Waals surface area (Å²) in [5, 5.41) is 4.82. The summed E-state index contributed by atoms with van der Waals surface area (Å²) in [6, 6.07) is 15.3. The molecule has 0 unspecified atom stereocenters. The smallest absolute Gasteiger partial charge is 0.227 e. The summed E-state index contributed by atoms with van der Waals surface area (Å²) < 4.78 is 6.67. The van der Waals surface area contributed by atoms with Crippen molar-refractivity contribution in [2.24, 2.45) is 0 Å². The second-order valence-electron chi connectivity index (χ2n) is 8.67. The zero-order valence-corrected chi connectivity index (χ0v) is 20.7. The van der Waals surface area contributed by atoms with Crippen LogP contribution in [0.5, 0.6) is 5.75 Å². The predicted molar refractivity (Wildman–Crippen MR) is 140 cm³/mol. The molecule has 0 atom stereocenters. The number of hydrogen-bond donors (Lipinski definition) is 1. The van der Waals surface area contributed by atoms with Crippen molar-refractivity contribution in [3.63, 3.8) is 0 Å². The van der Waals surface area contributed by atoms with Crippen molar-refractivity contribution in [1.82, 2.24) is 9.97 Å². The molecule has 32 heavy (non-hydrogen) atoms. The number of rotatable bonds is 5. The van der Waals surface area contributed by atoms with E-state index in [1.54, 1.807) is 7.11 Å². The van der Waals surface area contributed by atoms with Crippen molar-refractivity contribution in [1.29, 1.82) is 0 Å². The van der Waals surface area contributed by atoms with Crippen LogP contribution in [0.25, 0.3) is 10.9 Å². The fraction of sp³-hybridized carbons (Fsp3) is 0.440. The van der Waals surface area contributed by atoms with Gasteiger partial charge in [-0.25, -0.2) is 4.98 Å². The third-order valence-electron chi connectivity index (χ3n) is 6.55. The number of halogens is 1. The lowest BCUT2D eigenvalue weighted by Crippen LogP contribution is -2.39. The summed E-state index contributed by atoms with van der Waals surface area (Å²) in [5.74, 6) is 2.65. The minimum atomic E-state index is 0.396. The van der Waals surface area contributed by atoms with E-state index in [9.17, 15) is 0 Å². The molecule has 2 aromatic carbocycles. The van der Waals surface area contributed by atoms with Gasteiger partial charge in [-0.3, -0.25) is 0 Å². The Balaban J connectivity index is 1.41. The molecule has 2 fully saturated rings. The van der Waals surface area contributed by atoms with Crippen LogP contribution < -0.4 is 19.9 Å². The molecule has 3 heterocycles. The third-order valence-corrected chi connectivity index (χ3v) is 7.40. The Hall–Kier alpha value is -2.29. The van der Waals surface area contributed by atoms with E-state index in [1.807, 2.05) is 0 Å². The third kappa shape index (κ3) is 4.58. The molecule has 0 bridgehead atoms. The largest absolute Gasteiger partial charge is 0.496 e. The van der Waals surface area contributed by atoms with Crippen LogP contribution in [0, 0.1) is 3.57 Å². The second kappa shape index (κ2) is 9.68. The molecule has 3 aromatic rings. The Morgan fingerprint density at radius 1 is 0.938 bits per heavy atom. The number of para-hydroxylation sites is 1. The number of ether oxygens (including phenoxy) is 1. The predicted octanol–water partition coefficient (Wildman–Crippen LogP) is 5.31. The topological polar surface area (TPSA) is 53.5 Å². The van der Waals surface area contributed by atoms with Crippen molar-refractivity contribution in [3.8, 4) is 5.75 Å². The van der Waals surface area contributed by atoms with Gasteiger partial charge in [-0.1, -0.05) is 18.2 Å². The van der Waals surface area contributed by atoms with Gasteiger partial charge in [-0.05, 0) is 79.0 Å². The number of fused-ring (bicyclic) bond motifs is 1. The van der Waals surface area contributed by atoms with Crippen molar-refractivity contribution in [2.75, 3.05) is 48.4 Å². The summed E-state index contributed by atoms with van der Waals surface area (Å²) in [5.41, 5.74) is 2.29. The number of anilines is 3. The van der Waals surface area contributed by atoms with Gasteiger partial charge >= 0.3 is 0 Å². The van der Waals surface area contributed by atoms with Crippen molar-refractivity contribution in [3.05, 3.63) is 46.0 Å². The van der Waals surface area contributed by atoms with Crippen LogP contribution in [-0.4, -0.2) is 49.3 Å². The average Bonchev–Trinajstić information content (AvgIpc) is 2.85. The zero-order valence-electron chi connectivity index (χ0n) is 18.6. The molecule has 2 saturated heterocycles. The van der Waals surface area contributed by atoms with Crippen LogP contribution in [0.4, 0.5) is 17.5 Å². The molecule has 1 aromatic heterocycles. The first kappa shape index (κ1) is 21.6. The Morgan fingerprint density at radius 3 is 2.41 bits per heavy atom. The molecule has 1 N–H and O–H groups in total. The van der Waals surface area contributed by atoms with Crippen LogP contribution in [-0.2, 0) is 0 Å². The molecule has 7 heteroatoms. The molecule has 0 aliphatic carbocycles. The van der Waals surface area contributed by atoms with Crippen molar-refractivity contribution >= 4 is 50.9 Å². The Bertz CT molecular complexity index is 1060. The van der Waals surface area contributed by atoms with E-state index in [0.29, 0.717) is 6.04 Å². The lowest BCUT2D eigenvalue weighted by Gasteiger charge is -2.34. The molecule has 6 nitrogen and oxygen atoms in total. The van der Waals surface area contributed by atoms with Crippen LogP contribution in [0.3, 0.4) is 0 Å². The average molecular weight is 543 g/mol. The fourth-order valence-electron chi connectivity index (χ4n) is 4.73. The molecule has 0 amide bonds. The molecule has 2 aliphatic rings. The maximum Gasteiger partial charge on any atom is 0.227 e. The Kier molecular flexibility index (Phi) is 6.52. The Labute approximate surface area is 203 Å². The number of benzene rings is 2. The van der Waals surface area contributed by atoms with Gasteiger partial charge in [-0.2, -0.15) is 4.98 Å². The van der Waals surface area contributed by atoms with Crippen LogP contribution in [0.2, 0.25) is 0 Å². The first-order chi connectivity index (χ1) is 15.7. The monoisotopic (exact) mass is 543 g/mol. The molecule has 5 rings (SSSR count). The molecular formula is C25H30IN5O. The molecule has 0 radical (unpaired) electrons. The fourth-order valence-corrected chi connectivity index (χ4v) is 5.40. The number of nitrogens with one attached hydrogen (secondary N) is 1. The first-order valence-electron chi connectivity index (χ1n) is 11.6. The van der Waals surface area contributed by atoms with E-state index in [-0.39, 0.29) is 0 Å². The van der Waals surface area contributed by atoms with Gasteiger partial charge in [0, 0.05) is 43.3 Å². The number of hydrogen-bond acceptors (Lipinski definition) is 6. The summed E-state index contributed by atoms with van der Waals surface area (Å²) in [6.07, 6.45) is 5.89. The molecule has 0 saturated carbocycles. The van der Waals surface area contributed by atoms with E-state index in [4.69, 9.17) is 14.7 Å². The zero-order chi connectivity index (χ0) is 21.9. The molecule has 168 valence electrons. The van der Waals surface area contributed by atoms with Gasteiger partial charge in [-0.15, -0.1) is 0 Å². The van der Waals surface area contributed by atoms with E-state index < -0.39 is 0 Å². The van der Waals surface area contributed by atoms with Crippen molar-refractivity contribution in [2.45, 2.75) is 38.1 Å². The van der Waals surface area contributed by atoms with E-state index in [1.165, 1.54) is 24.9 Å². The van der Waals surface area contributed by atoms with Gasteiger partial charge in [0.15, 0.2) is 0 Å². The van der Waals surface area contributed by atoms with Crippen molar-refractivity contribution < 1.29 is 4.74 Å². The highest BCUT2D eigenvalue weighted by Crippen LogP contribution is 2.33. The van der Waals surface area contributed by atoms with Gasteiger partial charge in [0.2, 0.25) is 5.95 Å². The standard InChI is InChI=1S/C25H30IN5O/c1-32-23-16-20-22(17-21(23)26)28-25(31-12-6-3-7-13-31)29-24(20)27-18-10-14-30(15-11-18)19-8-4-2-5-9-19/h2,4-5,8-9,16-18H,3,6-7,10-15H2,1H3,(H,27,28,29). The van der Waals surface area contributed by atoms with Gasteiger partial charge < -0.3 is 19.9 Å². The van der Waals surface area contributed by atoms with E-state index >= 15 is 0 Å². The highest BCUT2D eigenvalue weighted by molar-refractivity contribution is 14.1. The quantitative estimate of drug-likeness (QED) is 0.440. The number of aromatic nitrogens is 2.